The van der Waals surface area contributed by atoms with Gasteiger partial charge in [0.15, 0.2) is 12.1 Å². The monoisotopic (exact) mass is 406 g/mol. The number of fused-ring (bicyclic) bond motifs is 1. The summed E-state index contributed by atoms with van der Waals surface area (Å²) in [6.45, 7) is 1.62. The number of nitrogens with zero attached hydrogens (tertiary/aromatic N) is 6. The third-order valence-corrected chi connectivity index (χ3v) is 5.07. The van der Waals surface area contributed by atoms with Crippen LogP contribution in [0.25, 0.3) is 11.4 Å². The van der Waals surface area contributed by atoms with E-state index in [0.29, 0.717) is 11.4 Å². The molecular weight excluding hydrogens is 391 g/mol. The molecule has 5 rings (SSSR count). The molecule has 0 aliphatic carbocycles. The van der Waals surface area contributed by atoms with Gasteiger partial charge >= 0.3 is 0 Å². The summed E-state index contributed by atoms with van der Waals surface area (Å²) in [4.78, 5) is 31.0. The molecule has 0 N–H and O–H groups in total. The minimum atomic E-state index is -0.988. The van der Waals surface area contributed by atoms with E-state index in [1.807, 2.05) is 30.3 Å². The summed E-state index contributed by atoms with van der Waals surface area (Å²) in [5, 5.41) is 13.2. The van der Waals surface area contributed by atoms with Crippen molar-refractivity contribution in [1.29, 1.82) is 0 Å². The quantitative estimate of drug-likeness (QED) is 0.617. The summed E-state index contributed by atoms with van der Waals surface area (Å²) in [5.41, 5.74) is 1.37. The smallest absolute Gasteiger partial charge is 0.263 e. The maximum atomic E-state index is 14.0. The van der Waals surface area contributed by atoms with Crippen molar-refractivity contribution in [2.75, 3.05) is 4.90 Å². The van der Waals surface area contributed by atoms with Gasteiger partial charge in [-0.1, -0.05) is 46.8 Å². The van der Waals surface area contributed by atoms with Crippen LogP contribution in [0.5, 0.6) is 0 Å². The number of aromatic nitrogens is 2. The van der Waals surface area contributed by atoms with Gasteiger partial charge in [0.05, 0.1) is 5.69 Å². The molecule has 0 radical (unpaired) electrons. The largest absolute Gasteiger partial charge is 0.337 e. The molecular formula is C20H15FN6O3. The van der Waals surface area contributed by atoms with Crippen molar-refractivity contribution in [1.82, 2.24) is 15.1 Å². The molecule has 10 heteroatoms. The van der Waals surface area contributed by atoms with E-state index in [1.54, 1.807) is 6.92 Å². The van der Waals surface area contributed by atoms with E-state index >= 15 is 0 Å². The van der Waals surface area contributed by atoms with Gasteiger partial charge in [0.2, 0.25) is 11.7 Å². The molecule has 3 heterocycles. The highest BCUT2D eigenvalue weighted by molar-refractivity contribution is 6.25. The first-order valence-electron chi connectivity index (χ1n) is 9.22. The van der Waals surface area contributed by atoms with E-state index in [-0.39, 0.29) is 18.1 Å². The highest BCUT2D eigenvalue weighted by Crippen LogP contribution is 2.33. The van der Waals surface area contributed by atoms with Crippen molar-refractivity contribution in [3.05, 3.63) is 65.8 Å². The van der Waals surface area contributed by atoms with Gasteiger partial charge in [-0.25, -0.2) is 9.29 Å². The maximum Gasteiger partial charge on any atom is 0.263 e. The predicted octanol–water partition coefficient (Wildman–Crippen LogP) is 2.68. The number of rotatable bonds is 4. The highest BCUT2D eigenvalue weighted by atomic mass is 19.1. The Kier molecular flexibility index (Phi) is 4.12. The number of halogens is 1. The van der Waals surface area contributed by atoms with Crippen LogP contribution < -0.4 is 4.90 Å². The fourth-order valence-electron chi connectivity index (χ4n) is 3.49. The van der Waals surface area contributed by atoms with Gasteiger partial charge in [0.25, 0.3) is 11.8 Å². The molecule has 0 bridgehead atoms. The van der Waals surface area contributed by atoms with Crippen LogP contribution in [-0.4, -0.2) is 39.0 Å². The molecule has 2 amide bonds. The molecule has 3 aromatic rings. The van der Waals surface area contributed by atoms with Crippen LogP contribution in [0.15, 0.2) is 63.4 Å². The third-order valence-electron chi connectivity index (χ3n) is 5.07. The lowest BCUT2D eigenvalue weighted by Gasteiger charge is -2.19. The van der Waals surface area contributed by atoms with Gasteiger partial charge in [0, 0.05) is 5.56 Å². The van der Waals surface area contributed by atoms with Crippen LogP contribution >= 0.6 is 0 Å². The molecule has 2 atom stereocenters. The number of amides is 2. The Balaban J connectivity index is 1.38. The van der Waals surface area contributed by atoms with Gasteiger partial charge in [-0.3, -0.25) is 14.6 Å². The predicted molar refractivity (Wildman–Crippen MR) is 101 cm³/mol. The Morgan fingerprint density at radius 3 is 2.67 bits per heavy atom. The number of aryl methyl sites for hydroxylation is 1. The van der Waals surface area contributed by atoms with Gasteiger partial charge in [0.1, 0.15) is 12.4 Å². The van der Waals surface area contributed by atoms with Crippen LogP contribution in [0, 0.1) is 12.7 Å². The first-order chi connectivity index (χ1) is 14.5. The molecule has 1 fully saturated rings. The van der Waals surface area contributed by atoms with E-state index in [9.17, 15) is 14.0 Å². The lowest BCUT2D eigenvalue weighted by molar-refractivity contribution is -0.123. The summed E-state index contributed by atoms with van der Waals surface area (Å²) in [6, 6.07) is 11.6. The molecule has 0 saturated carbocycles. The Morgan fingerprint density at radius 2 is 1.90 bits per heavy atom. The van der Waals surface area contributed by atoms with E-state index in [2.05, 4.69) is 20.5 Å². The minimum absolute atomic E-state index is 0.0135. The van der Waals surface area contributed by atoms with E-state index in [4.69, 9.17) is 4.52 Å². The molecule has 2 aliphatic rings. The normalized spacial score (nSPS) is 20.3. The van der Waals surface area contributed by atoms with Crippen LogP contribution in [0.4, 0.5) is 10.1 Å². The average molecular weight is 406 g/mol. The van der Waals surface area contributed by atoms with Crippen LogP contribution in [0.1, 0.15) is 11.5 Å². The SMILES string of the molecule is Cc1ccc(N2C(=O)[C@@H]3[C@@H](N=NN3Cc3nc(-c4ccccc4)no3)C2=O)cc1F. The Hall–Kier alpha value is -3.95. The molecule has 2 aromatic carbocycles. The summed E-state index contributed by atoms with van der Waals surface area (Å²) < 4.78 is 19.2. The van der Waals surface area contributed by atoms with Crippen molar-refractivity contribution in [2.24, 2.45) is 10.3 Å². The second-order valence-corrected chi connectivity index (χ2v) is 7.02. The standard InChI is InChI=1S/C20H15FN6O3/c1-11-7-8-13(9-14(11)21)27-19(28)16-17(20(27)29)26(25-23-16)10-15-22-18(24-30-15)12-5-3-2-4-6-12/h2-9,16-17H,10H2,1H3/t16-,17+/m1/s1. The molecule has 1 saturated heterocycles. The van der Waals surface area contributed by atoms with Gasteiger partial charge in [-0.05, 0) is 24.6 Å². The maximum absolute atomic E-state index is 14.0. The topological polar surface area (TPSA) is 104 Å². The number of carbonyl (C=O) groups is 2. The van der Waals surface area contributed by atoms with E-state index in [0.717, 1.165) is 16.5 Å². The zero-order valence-electron chi connectivity index (χ0n) is 15.8. The first kappa shape index (κ1) is 18.1. The van der Waals surface area contributed by atoms with Crippen LogP contribution in [-0.2, 0) is 16.1 Å². The summed E-state index contributed by atoms with van der Waals surface area (Å²) >= 11 is 0. The first-order valence-corrected chi connectivity index (χ1v) is 9.22. The van der Waals surface area contributed by atoms with Crippen LogP contribution in [0.3, 0.4) is 0 Å². The number of benzene rings is 2. The number of anilines is 1. The lowest BCUT2D eigenvalue weighted by Crippen LogP contribution is -2.39. The Morgan fingerprint density at radius 1 is 1.10 bits per heavy atom. The molecule has 0 unspecified atom stereocenters. The molecule has 150 valence electrons. The zero-order valence-corrected chi connectivity index (χ0v) is 15.8. The van der Waals surface area contributed by atoms with Crippen molar-refractivity contribution in [2.45, 2.75) is 25.6 Å². The summed E-state index contributed by atoms with van der Waals surface area (Å²) in [6.07, 6.45) is 0. The fourth-order valence-corrected chi connectivity index (χ4v) is 3.49. The van der Waals surface area contributed by atoms with Crippen LogP contribution in [0.2, 0.25) is 0 Å². The fraction of sp³-hybridized carbons (Fsp3) is 0.200. The average Bonchev–Trinajstić information content (AvgIpc) is 3.44. The van der Waals surface area contributed by atoms with Gasteiger partial charge in [-0.2, -0.15) is 10.1 Å². The third kappa shape index (κ3) is 2.84. The second kappa shape index (κ2) is 6.83. The number of hydrogen-bond donors (Lipinski definition) is 0. The van der Waals surface area contributed by atoms with Crippen molar-refractivity contribution in [3.8, 4) is 11.4 Å². The lowest BCUT2D eigenvalue weighted by atomic mass is 10.1. The molecule has 1 aromatic heterocycles. The Labute approximate surface area is 169 Å². The molecule has 0 spiro atoms. The molecule has 9 nitrogen and oxygen atoms in total. The zero-order chi connectivity index (χ0) is 20.8. The molecule has 2 aliphatic heterocycles. The Bertz CT molecular complexity index is 1180. The minimum Gasteiger partial charge on any atom is -0.337 e. The number of hydrogen-bond acceptors (Lipinski definition) is 8. The van der Waals surface area contributed by atoms with Crippen molar-refractivity contribution < 1.29 is 18.5 Å². The summed E-state index contributed by atoms with van der Waals surface area (Å²) in [7, 11) is 0. The van der Waals surface area contributed by atoms with E-state index in [1.165, 1.54) is 17.1 Å². The number of imide groups is 1. The van der Waals surface area contributed by atoms with Crippen molar-refractivity contribution >= 4 is 17.5 Å². The van der Waals surface area contributed by atoms with Gasteiger partial charge < -0.3 is 4.52 Å². The molecule has 30 heavy (non-hydrogen) atoms. The highest BCUT2D eigenvalue weighted by Gasteiger charge is 2.55. The van der Waals surface area contributed by atoms with E-state index < -0.39 is 29.7 Å². The van der Waals surface area contributed by atoms with Gasteiger partial charge in [-0.15, -0.1) is 0 Å². The summed E-state index contributed by atoms with van der Waals surface area (Å²) in [5.74, 6) is -0.934. The van der Waals surface area contributed by atoms with Crippen molar-refractivity contribution in [3.63, 3.8) is 0 Å². The second-order valence-electron chi connectivity index (χ2n) is 7.02. The number of carbonyl (C=O) groups excluding carboxylic acids is 2.